The summed E-state index contributed by atoms with van der Waals surface area (Å²) in [7, 11) is 0. The van der Waals surface area contributed by atoms with Gasteiger partial charge in [-0.05, 0) is 18.6 Å². The Labute approximate surface area is 119 Å². The van der Waals surface area contributed by atoms with Crippen molar-refractivity contribution in [1.29, 1.82) is 5.26 Å². The Balaban J connectivity index is 1.75. The van der Waals surface area contributed by atoms with Crippen LogP contribution in [0.5, 0.6) is 0 Å². The van der Waals surface area contributed by atoms with Gasteiger partial charge in [0.1, 0.15) is 5.60 Å². The molecule has 2 saturated heterocycles. The Morgan fingerprint density at radius 3 is 3.05 bits per heavy atom. The van der Waals surface area contributed by atoms with Gasteiger partial charge in [-0.25, -0.2) is 0 Å². The van der Waals surface area contributed by atoms with E-state index < -0.39 is 0 Å². The molecule has 1 aromatic carbocycles. The first-order chi connectivity index (χ1) is 9.71. The smallest absolute Gasteiger partial charge is 0.107 e. The van der Waals surface area contributed by atoms with Crippen molar-refractivity contribution in [2.24, 2.45) is 0 Å². The quantitative estimate of drug-likeness (QED) is 0.825. The molecule has 3 rings (SSSR count). The lowest BCUT2D eigenvalue weighted by molar-refractivity contribution is -0.149. The predicted molar refractivity (Wildman–Crippen MR) is 75.1 cm³/mol. The molecular formula is C16H20N2O2. The zero-order chi connectivity index (χ0) is 14.0. The van der Waals surface area contributed by atoms with Gasteiger partial charge in [0.2, 0.25) is 0 Å². The van der Waals surface area contributed by atoms with E-state index in [1.54, 1.807) is 0 Å². The summed E-state index contributed by atoms with van der Waals surface area (Å²) >= 11 is 0. The van der Waals surface area contributed by atoms with E-state index in [0.29, 0.717) is 6.61 Å². The average molecular weight is 272 g/mol. The van der Waals surface area contributed by atoms with Crippen molar-refractivity contribution in [1.82, 2.24) is 4.90 Å². The largest absolute Gasteiger partial charge is 0.378 e. The summed E-state index contributed by atoms with van der Waals surface area (Å²) in [4.78, 5) is 2.39. The maximum atomic E-state index is 9.19. The molecule has 1 spiro atoms. The van der Waals surface area contributed by atoms with Crippen molar-refractivity contribution in [2.45, 2.75) is 31.6 Å². The number of nitrogens with zero attached hydrogens (tertiary/aromatic N) is 2. The van der Waals surface area contributed by atoms with E-state index in [0.717, 1.165) is 43.8 Å². The van der Waals surface area contributed by atoms with Gasteiger partial charge in [0.15, 0.2) is 0 Å². The predicted octanol–water partition coefficient (Wildman–Crippen LogP) is 1.94. The molecule has 0 bridgehead atoms. The fourth-order valence-corrected chi connectivity index (χ4v) is 3.27. The number of hydrogen-bond donors (Lipinski definition) is 0. The van der Waals surface area contributed by atoms with Gasteiger partial charge in [0.05, 0.1) is 24.3 Å². The molecule has 2 aliphatic heterocycles. The van der Waals surface area contributed by atoms with Gasteiger partial charge < -0.3 is 9.47 Å². The Morgan fingerprint density at radius 1 is 1.45 bits per heavy atom. The number of ether oxygens (including phenoxy) is 2. The third-order valence-electron chi connectivity index (χ3n) is 4.08. The van der Waals surface area contributed by atoms with Crippen LogP contribution in [0.1, 0.15) is 24.5 Å². The Morgan fingerprint density at radius 2 is 2.30 bits per heavy atom. The highest BCUT2D eigenvalue weighted by atomic mass is 16.6. The summed E-state index contributed by atoms with van der Waals surface area (Å²) in [6.45, 7) is 6.18. The van der Waals surface area contributed by atoms with E-state index in [-0.39, 0.29) is 11.7 Å². The molecule has 0 unspecified atom stereocenters. The van der Waals surface area contributed by atoms with Crippen molar-refractivity contribution in [2.75, 3.05) is 26.3 Å². The van der Waals surface area contributed by atoms with Crippen LogP contribution < -0.4 is 0 Å². The fraction of sp³-hybridized carbons (Fsp3) is 0.562. The number of rotatable bonds is 2. The minimum atomic E-state index is -0.140. The first-order valence-corrected chi connectivity index (χ1v) is 7.17. The minimum absolute atomic E-state index is 0.140. The lowest BCUT2D eigenvalue weighted by atomic mass is 9.98. The first-order valence-electron chi connectivity index (χ1n) is 7.17. The molecular weight excluding hydrogens is 252 g/mol. The van der Waals surface area contributed by atoms with E-state index >= 15 is 0 Å². The van der Waals surface area contributed by atoms with Crippen molar-refractivity contribution < 1.29 is 9.47 Å². The molecule has 0 radical (unpaired) electrons. The number of hydrogen-bond acceptors (Lipinski definition) is 4. The van der Waals surface area contributed by atoms with E-state index in [4.69, 9.17) is 9.47 Å². The summed E-state index contributed by atoms with van der Waals surface area (Å²) in [5.41, 5.74) is 1.72. The van der Waals surface area contributed by atoms with Crippen LogP contribution in [-0.4, -0.2) is 42.9 Å². The first kappa shape index (κ1) is 13.6. The molecule has 4 nitrogen and oxygen atoms in total. The van der Waals surface area contributed by atoms with Crippen molar-refractivity contribution in [3.63, 3.8) is 0 Å². The maximum Gasteiger partial charge on any atom is 0.107 e. The monoisotopic (exact) mass is 272 g/mol. The fourth-order valence-electron chi connectivity index (χ4n) is 3.27. The topological polar surface area (TPSA) is 45.5 Å². The van der Waals surface area contributed by atoms with Crippen LogP contribution in [0.3, 0.4) is 0 Å². The molecule has 2 fully saturated rings. The SMILES string of the molecule is C[C@@H]1CN(Cc2ccccc2C#N)C[C@]2(CCOC2)O1. The summed E-state index contributed by atoms with van der Waals surface area (Å²) in [5, 5.41) is 9.19. The molecule has 106 valence electrons. The Kier molecular flexibility index (Phi) is 3.75. The zero-order valence-corrected chi connectivity index (χ0v) is 11.8. The summed E-state index contributed by atoms with van der Waals surface area (Å²) < 4.78 is 11.7. The average Bonchev–Trinajstić information content (AvgIpc) is 2.86. The highest BCUT2D eigenvalue weighted by Crippen LogP contribution is 2.30. The second kappa shape index (κ2) is 5.53. The maximum absolute atomic E-state index is 9.19. The standard InChI is InChI=1S/C16H20N2O2/c1-13-9-18(11-16(20-13)6-7-19-12-16)10-15-5-3-2-4-14(15)8-17/h2-5,13H,6-7,9-12H2,1H3/t13-,16+/m1/s1. The van der Waals surface area contributed by atoms with Gasteiger partial charge in [-0.3, -0.25) is 4.90 Å². The van der Waals surface area contributed by atoms with E-state index in [9.17, 15) is 5.26 Å². The Bertz CT molecular complexity index is 517. The molecule has 2 heterocycles. The van der Waals surface area contributed by atoms with Crippen LogP contribution in [-0.2, 0) is 16.0 Å². The zero-order valence-electron chi connectivity index (χ0n) is 11.8. The van der Waals surface area contributed by atoms with Gasteiger partial charge in [-0.2, -0.15) is 5.26 Å². The van der Waals surface area contributed by atoms with Crippen LogP contribution in [0.2, 0.25) is 0 Å². The lowest BCUT2D eigenvalue weighted by Crippen LogP contribution is -2.55. The van der Waals surface area contributed by atoms with Gasteiger partial charge >= 0.3 is 0 Å². The van der Waals surface area contributed by atoms with Gasteiger partial charge in [-0.1, -0.05) is 18.2 Å². The molecule has 20 heavy (non-hydrogen) atoms. The molecule has 0 aromatic heterocycles. The van der Waals surface area contributed by atoms with Crippen LogP contribution in [0.4, 0.5) is 0 Å². The van der Waals surface area contributed by atoms with Crippen LogP contribution in [0.25, 0.3) is 0 Å². The molecule has 0 saturated carbocycles. The normalized spacial score (nSPS) is 30.5. The third-order valence-corrected chi connectivity index (χ3v) is 4.08. The Hall–Kier alpha value is -1.41. The highest BCUT2D eigenvalue weighted by molar-refractivity contribution is 5.37. The van der Waals surface area contributed by atoms with Gasteiger partial charge in [0, 0.05) is 32.7 Å². The molecule has 4 heteroatoms. The van der Waals surface area contributed by atoms with Crippen LogP contribution >= 0.6 is 0 Å². The van der Waals surface area contributed by atoms with Crippen LogP contribution in [0, 0.1) is 11.3 Å². The third kappa shape index (κ3) is 2.71. The summed E-state index contributed by atoms with van der Waals surface area (Å²) in [6, 6.07) is 10.1. The lowest BCUT2D eigenvalue weighted by Gasteiger charge is -2.43. The molecule has 0 N–H and O–H groups in total. The molecule has 1 aromatic rings. The van der Waals surface area contributed by atoms with Crippen molar-refractivity contribution in [3.8, 4) is 6.07 Å². The summed E-state index contributed by atoms with van der Waals surface area (Å²) in [5.74, 6) is 0. The van der Waals surface area contributed by atoms with Gasteiger partial charge in [-0.15, -0.1) is 0 Å². The second-order valence-electron chi connectivity index (χ2n) is 5.85. The van der Waals surface area contributed by atoms with Gasteiger partial charge in [0.25, 0.3) is 0 Å². The van der Waals surface area contributed by atoms with Crippen molar-refractivity contribution >= 4 is 0 Å². The molecule has 0 aliphatic carbocycles. The molecule has 2 aliphatic rings. The summed E-state index contributed by atoms with van der Waals surface area (Å²) in [6.07, 6.45) is 1.17. The minimum Gasteiger partial charge on any atom is -0.378 e. The molecule has 2 atom stereocenters. The van der Waals surface area contributed by atoms with E-state index in [1.165, 1.54) is 0 Å². The second-order valence-corrected chi connectivity index (χ2v) is 5.85. The van der Waals surface area contributed by atoms with E-state index in [1.807, 2.05) is 24.3 Å². The highest BCUT2D eigenvalue weighted by Gasteiger charge is 2.42. The van der Waals surface area contributed by atoms with Crippen LogP contribution in [0.15, 0.2) is 24.3 Å². The molecule has 0 amide bonds. The number of nitriles is 1. The van der Waals surface area contributed by atoms with Crippen molar-refractivity contribution in [3.05, 3.63) is 35.4 Å². The number of benzene rings is 1. The van der Waals surface area contributed by atoms with E-state index in [2.05, 4.69) is 17.9 Å². The number of morpholine rings is 1.